The van der Waals surface area contributed by atoms with Gasteiger partial charge in [0.05, 0.1) is 0 Å². The smallest absolute Gasteiger partial charge is 0.405 e. The summed E-state index contributed by atoms with van der Waals surface area (Å²) in [4.78, 5) is 21.2. The van der Waals surface area contributed by atoms with Crippen LogP contribution in [0.15, 0.2) is 24.3 Å². The van der Waals surface area contributed by atoms with Gasteiger partial charge in [0.25, 0.3) is 0 Å². The molecule has 7 heteroatoms. The minimum absolute atomic E-state index is 0.248. The molecule has 0 saturated carbocycles. The van der Waals surface area contributed by atoms with Gasteiger partial charge < -0.3 is 20.9 Å². The summed E-state index contributed by atoms with van der Waals surface area (Å²) >= 11 is 5.91. The summed E-state index contributed by atoms with van der Waals surface area (Å²) in [6, 6.07) is 6.64. The second-order valence-electron chi connectivity index (χ2n) is 3.08. The molecular formula is C10H11ClN2O4. The lowest BCUT2D eigenvalue weighted by Crippen LogP contribution is -2.24. The van der Waals surface area contributed by atoms with E-state index in [1.807, 2.05) is 0 Å². The fourth-order valence-electron chi connectivity index (χ4n) is 1.22. The van der Waals surface area contributed by atoms with E-state index in [-0.39, 0.29) is 6.61 Å². The SMILES string of the molecule is NC(=O)OC[C@@H](OC(N)=O)c1ccccc1Cl. The van der Waals surface area contributed by atoms with Gasteiger partial charge in [0.1, 0.15) is 6.61 Å². The van der Waals surface area contributed by atoms with Crippen LogP contribution in [0, 0.1) is 0 Å². The lowest BCUT2D eigenvalue weighted by Gasteiger charge is -2.17. The van der Waals surface area contributed by atoms with Crippen molar-refractivity contribution in [3.05, 3.63) is 34.9 Å². The third-order valence-electron chi connectivity index (χ3n) is 1.89. The summed E-state index contributed by atoms with van der Waals surface area (Å²) in [5.41, 5.74) is 10.2. The number of ether oxygens (including phenoxy) is 2. The van der Waals surface area contributed by atoms with Crippen LogP contribution < -0.4 is 11.5 Å². The van der Waals surface area contributed by atoms with Crippen molar-refractivity contribution in [2.45, 2.75) is 6.10 Å². The molecule has 0 spiro atoms. The molecule has 0 aliphatic heterocycles. The van der Waals surface area contributed by atoms with Crippen LogP contribution in [0.3, 0.4) is 0 Å². The predicted octanol–water partition coefficient (Wildman–Crippen LogP) is 1.57. The molecule has 0 heterocycles. The Bertz CT molecular complexity index is 425. The van der Waals surface area contributed by atoms with Crippen molar-refractivity contribution in [3.63, 3.8) is 0 Å². The van der Waals surface area contributed by atoms with Gasteiger partial charge in [0.15, 0.2) is 6.10 Å². The Morgan fingerprint density at radius 3 is 2.41 bits per heavy atom. The summed E-state index contributed by atoms with van der Waals surface area (Å²) in [7, 11) is 0. The number of hydrogen-bond acceptors (Lipinski definition) is 4. The molecule has 0 fully saturated rings. The van der Waals surface area contributed by atoms with E-state index in [4.69, 9.17) is 27.8 Å². The van der Waals surface area contributed by atoms with Crippen LogP contribution in [0.1, 0.15) is 11.7 Å². The van der Waals surface area contributed by atoms with Crippen LogP contribution >= 0.6 is 11.6 Å². The van der Waals surface area contributed by atoms with E-state index >= 15 is 0 Å². The normalized spacial score (nSPS) is 11.6. The molecular weight excluding hydrogens is 248 g/mol. The quantitative estimate of drug-likeness (QED) is 0.855. The number of nitrogens with two attached hydrogens (primary N) is 2. The highest BCUT2D eigenvalue weighted by atomic mass is 35.5. The zero-order valence-electron chi connectivity index (χ0n) is 8.76. The van der Waals surface area contributed by atoms with Crippen LogP contribution in [0.2, 0.25) is 5.02 Å². The molecule has 1 aromatic carbocycles. The Balaban J connectivity index is 2.85. The highest BCUT2D eigenvalue weighted by Gasteiger charge is 2.19. The molecule has 1 aromatic rings. The Hall–Kier alpha value is -1.95. The molecule has 6 nitrogen and oxygen atoms in total. The second kappa shape index (κ2) is 5.95. The topological polar surface area (TPSA) is 105 Å². The molecule has 0 bridgehead atoms. The number of primary amides is 2. The number of rotatable bonds is 4. The van der Waals surface area contributed by atoms with Gasteiger partial charge >= 0.3 is 12.2 Å². The molecule has 4 N–H and O–H groups in total. The van der Waals surface area contributed by atoms with E-state index in [0.29, 0.717) is 10.6 Å². The summed E-state index contributed by atoms with van der Waals surface area (Å²) in [5.74, 6) is 0. The Kier molecular flexibility index (Phi) is 4.59. The van der Waals surface area contributed by atoms with E-state index < -0.39 is 18.3 Å². The van der Waals surface area contributed by atoms with E-state index in [1.54, 1.807) is 24.3 Å². The summed E-state index contributed by atoms with van der Waals surface area (Å²) in [6.07, 6.45) is -2.85. The summed E-state index contributed by atoms with van der Waals surface area (Å²) in [5, 5.41) is 0.367. The number of carbonyl (C=O) groups is 2. The lowest BCUT2D eigenvalue weighted by atomic mass is 10.1. The average molecular weight is 259 g/mol. The van der Waals surface area contributed by atoms with Crippen LogP contribution in [0.4, 0.5) is 9.59 Å². The molecule has 92 valence electrons. The van der Waals surface area contributed by atoms with Crippen LogP contribution in [-0.2, 0) is 9.47 Å². The molecule has 0 saturated heterocycles. The van der Waals surface area contributed by atoms with Crippen molar-refractivity contribution >= 4 is 23.8 Å². The molecule has 0 unspecified atom stereocenters. The maximum atomic E-state index is 10.7. The first kappa shape index (κ1) is 13.1. The Morgan fingerprint density at radius 2 is 1.88 bits per heavy atom. The van der Waals surface area contributed by atoms with Crippen molar-refractivity contribution in [1.29, 1.82) is 0 Å². The average Bonchev–Trinajstić information content (AvgIpc) is 2.24. The van der Waals surface area contributed by atoms with Crippen molar-refractivity contribution < 1.29 is 19.1 Å². The first-order chi connectivity index (χ1) is 8.00. The first-order valence-corrected chi connectivity index (χ1v) is 5.01. The summed E-state index contributed by atoms with van der Waals surface area (Å²) < 4.78 is 9.35. The van der Waals surface area contributed by atoms with Crippen LogP contribution in [0.5, 0.6) is 0 Å². The van der Waals surface area contributed by atoms with Gasteiger partial charge in [-0.3, -0.25) is 0 Å². The number of carbonyl (C=O) groups excluding carboxylic acids is 2. The molecule has 0 aromatic heterocycles. The van der Waals surface area contributed by atoms with Gasteiger partial charge in [-0.05, 0) is 6.07 Å². The van der Waals surface area contributed by atoms with Crippen molar-refractivity contribution in [3.8, 4) is 0 Å². The standard InChI is InChI=1S/C10H11ClN2O4/c11-7-4-2-1-3-6(7)8(17-10(13)15)5-16-9(12)14/h1-4,8H,5H2,(H2,12,14)(H2,13,15)/t8-/m1/s1. The Morgan fingerprint density at radius 1 is 1.24 bits per heavy atom. The van der Waals surface area contributed by atoms with Gasteiger partial charge in [0.2, 0.25) is 0 Å². The van der Waals surface area contributed by atoms with E-state index in [2.05, 4.69) is 4.74 Å². The third-order valence-corrected chi connectivity index (χ3v) is 2.23. The minimum atomic E-state index is -0.997. The highest BCUT2D eigenvalue weighted by Crippen LogP contribution is 2.25. The molecule has 0 aliphatic carbocycles. The van der Waals surface area contributed by atoms with Gasteiger partial charge in [-0.1, -0.05) is 29.8 Å². The zero-order valence-corrected chi connectivity index (χ0v) is 9.52. The minimum Gasteiger partial charge on any atom is -0.445 e. The number of amides is 2. The van der Waals surface area contributed by atoms with Gasteiger partial charge in [-0.2, -0.15) is 0 Å². The monoisotopic (exact) mass is 258 g/mol. The molecule has 1 atom stereocenters. The fourth-order valence-corrected chi connectivity index (χ4v) is 1.48. The van der Waals surface area contributed by atoms with E-state index in [0.717, 1.165) is 0 Å². The maximum Gasteiger partial charge on any atom is 0.405 e. The molecule has 17 heavy (non-hydrogen) atoms. The van der Waals surface area contributed by atoms with Crippen LogP contribution in [0.25, 0.3) is 0 Å². The lowest BCUT2D eigenvalue weighted by molar-refractivity contribution is 0.0513. The maximum absolute atomic E-state index is 10.7. The highest BCUT2D eigenvalue weighted by molar-refractivity contribution is 6.31. The van der Waals surface area contributed by atoms with Crippen LogP contribution in [-0.4, -0.2) is 18.8 Å². The fraction of sp³-hybridized carbons (Fsp3) is 0.200. The molecule has 1 rings (SSSR count). The number of halogens is 1. The number of hydrogen-bond donors (Lipinski definition) is 2. The van der Waals surface area contributed by atoms with E-state index in [9.17, 15) is 9.59 Å². The van der Waals surface area contributed by atoms with E-state index in [1.165, 1.54) is 0 Å². The second-order valence-corrected chi connectivity index (χ2v) is 3.48. The van der Waals surface area contributed by atoms with Gasteiger partial charge in [-0.15, -0.1) is 0 Å². The third kappa shape index (κ3) is 4.20. The predicted molar refractivity (Wildman–Crippen MR) is 60.4 cm³/mol. The molecule has 0 radical (unpaired) electrons. The Labute approximate surface area is 102 Å². The van der Waals surface area contributed by atoms with Gasteiger partial charge in [-0.25, -0.2) is 9.59 Å². The zero-order chi connectivity index (χ0) is 12.8. The first-order valence-electron chi connectivity index (χ1n) is 4.63. The van der Waals surface area contributed by atoms with Crippen molar-refractivity contribution in [1.82, 2.24) is 0 Å². The molecule has 2 amide bonds. The summed E-state index contributed by atoms with van der Waals surface area (Å²) in [6.45, 7) is -0.248. The molecule has 0 aliphatic rings. The van der Waals surface area contributed by atoms with Crippen molar-refractivity contribution in [2.24, 2.45) is 11.5 Å². The van der Waals surface area contributed by atoms with Gasteiger partial charge in [0, 0.05) is 10.6 Å². The number of benzene rings is 1. The van der Waals surface area contributed by atoms with Crippen molar-refractivity contribution in [2.75, 3.05) is 6.61 Å². The largest absolute Gasteiger partial charge is 0.445 e.